The SMILES string of the molecule is COC(=O)c1cc(N)ccc1N1CCN(C)C(=O)C1. The van der Waals surface area contributed by atoms with E-state index in [1.54, 1.807) is 30.1 Å². The molecule has 0 aromatic heterocycles. The number of ether oxygens (including phenoxy) is 1. The van der Waals surface area contributed by atoms with E-state index in [4.69, 9.17) is 10.5 Å². The van der Waals surface area contributed by atoms with Crippen molar-refractivity contribution < 1.29 is 14.3 Å². The number of likely N-dealkylation sites (N-methyl/N-ethyl adjacent to an activating group) is 1. The predicted molar refractivity (Wildman–Crippen MR) is 72.0 cm³/mol. The molecule has 6 nitrogen and oxygen atoms in total. The first kappa shape index (κ1) is 13.2. The summed E-state index contributed by atoms with van der Waals surface area (Å²) in [6.45, 7) is 1.56. The lowest BCUT2D eigenvalue weighted by molar-refractivity contribution is -0.129. The topological polar surface area (TPSA) is 75.9 Å². The van der Waals surface area contributed by atoms with Gasteiger partial charge in [-0.1, -0.05) is 0 Å². The third-order valence-corrected chi connectivity index (χ3v) is 3.22. The van der Waals surface area contributed by atoms with Crippen LogP contribution in [0.2, 0.25) is 0 Å². The molecule has 0 aliphatic carbocycles. The van der Waals surface area contributed by atoms with E-state index in [1.165, 1.54) is 7.11 Å². The number of methoxy groups -OCH3 is 1. The minimum absolute atomic E-state index is 0.0268. The van der Waals surface area contributed by atoms with Gasteiger partial charge in [-0.25, -0.2) is 4.79 Å². The molecule has 1 amide bonds. The number of carbonyl (C=O) groups excluding carboxylic acids is 2. The number of nitrogens with two attached hydrogens (primary N) is 1. The van der Waals surface area contributed by atoms with Gasteiger partial charge in [0.1, 0.15) is 0 Å². The number of rotatable bonds is 2. The average molecular weight is 263 g/mol. The van der Waals surface area contributed by atoms with Crippen LogP contribution in [0.5, 0.6) is 0 Å². The van der Waals surface area contributed by atoms with Crippen molar-refractivity contribution in [1.29, 1.82) is 0 Å². The van der Waals surface area contributed by atoms with Crippen LogP contribution in [0.25, 0.3) is 0 Å². The number of piperazine rings is 1. The second kappa shape index (κ2) is 5.17. The van der Waals surface area contributed by atoms with Crippen LogP contribution in [0, 0.1) is 0 Å². The molecule has 1 heterocycles. The summed E-state index contributed by atoms with van der Waals surface area (Å²) in [4.78, 5) is 27.1. The van der Waals surface area contributed by atoms with E-state index in [-0.39, 0.29) is 12.5 Å². The van der Waals surface area contributed by atoms with Crippen molar-refractivity contribution in [2.45, 2.75) is 0 Å². The molecule has 1 aliphatic rings. The van der Waals surface area contributed by atoms with Crippen LogP contribution in [-0.4, -0.2) is 50.6 Å². The Labute approximate surface area is 111 Å². The summed E-state index contributed by atoms with van der Waals surface area (Å²) in [5.74, 6) is -0.424. The fourth-order valence-electron chi connectivity index (χ4n) is 2.07. The molecule has 1 aliphatic heterocycles. The Balaban J connectivity index is 2.34. The lowest BCUT2D eigenvalue weighted by atomic mass is 10.1. The zero-order valence-corrected chi connectivity index (χ0v) is 11.0. The molecule has 0 atom stereocenters. The van der Waals surface area contributed by atoms with Gasteiger partial charge in [0.05, 0.1) is 24.9 Å². The Morgan fingerprint density at radius 3 is 2.74 bits per heavy atom. The van der Waals surface area contributed by atoms with Crippen LogP contribution in [-0.2, 0) is 9.53 Å². The van der Waals surface area contributed by atoms with Crippen molar-refractivity contribution in [3.8, 4) is 0 Å². The molecule has 1 fully saturated rings. The molecule has 0 spiro atoms. The van der Waals surface area contributed by atoms with Gasteiger partial charge in [0.25, 0.3) is 0 Å². The maximum atomic E-state index is 11.8. The number of benzene rings is 1. The standard InChI is InChI=1S/C13H17N3O3/c1-15-5-6-16(8-12(15)17)11-4-3-9(14)7-10(11)13(18)19-2/h3-4,7H,5-6,8,14H2,1-2H3. The summed E-state index contributed by atoms with van der Waals surface area (Å²) in [5.41, 5.74) is 7.26. The molecular formula is C13H17N3O3. The summed E-state index contributed by atoms with van der Waals surface area (Å²) < 4.78 is 4.75. The van der Waals surface area contributed by atoms with E-state index in [9.17, 15) is 9.59 Å². The van der Waals surface area contributed by atoms with Crippen LogP contribution in [0.1, 0.15) is 10.4 Å². The van der Waals surface area contributed by atoms with Gasteiger partial charge in [-0.05, 0) is 18.2 Å². The van der Waals surface area contributed by atoms with Crippen molar-refractivity contribution in [2.75, 3.05) is 44.4 Å². The summed E-state index contributed by atoms with van der Waals surface area (Å²) in [7, 11) is 3.09. The Morgan fingerprint density at radius 1 is 1.37 bits per heavy atom. The minimum Gasteiger partial charge on any atom is -0.465 e. The lowest BCUT2D eigenvalue weighted by Gasteiger charge is -2.34. The first-order valence-corrected chi connectivity index (χ1v) is 5.99. The number of anilines is 2. The van der Waals surface area contributed by atoms with Crippen molar-refractivity contribution >= 4 is 23.3 Å². The average Bonchev–Trinajstić information content (AvgIpc) is 2.41. The molecule has 2 N–H and O–H groups in total. The maximum Gasteiger partial charge on any atom is 0.340 e. The summed E-state index contributed by atoms with van der Waals surface area (Å²) in [6.07, 6.45) is 0. The second-order valence-corrected chi connectivity index (χ2v) is 4.51. The van der Waals surface area contributed by atoms with Crippen LogP contribution in [0.15, 0.2) is 18.2 Å². The smallest absolute Gasteiger partial charge is 0.340 e. The molecule has 1 saturated heterocycles. The Bertz CT molecular complexity index is 516. The number of hydrogen-bond donors (Lipinski definition) is 1. The van der Waals surface area contributed by atoms with Crippen molar-refractivity contribution in [2.24, 2.45) is 0 Å². The Hall–Kier alpha value is -2.24. The van der Waals surface area contributed by atoms with Crippen LogP contribution < -0.4 is 10.6 Å². The molecule has 2 rings (SSSR count). The zero-order chi connectivity index (χ0) is 14.0. The monoisotopic (exact) mass is 263 g/mol. The highest BCUT2D eigenvalue weighted by molar-refractivity contribution is 5.98. The Kier molecular flexibility index (Phi) is 3.59. The van der Waals surface area contributed by atoms with Crippen molar-refractivity contribution in [3.63, 3.8) is 0 Å². The lowest BCUT2D eigenvalue weighted by Crippen LogP contribution is -2.49. The first-order chi connectivity index (χ1) is 9.02. The van der Waals surface area contributed by atoms with Gasteiger partial charge < -0.3 is 20.3 Å². The van der Waals surface area contributed by atoms with Gasteiger partial charge in [0.2, 0.25) is 5.91 Å². The third kappa shape index (κ3) is 2.62. The highest BCUT2D eigenvalue weighted by Crippen LogP contribution is 2.25. The predicted octanol–water partition coefficient (Wildman–Crippen LogP) is 0.334. The number of nitrogen functional groups attached to an aromatic ring is 1. The molecule has 102 valence electrons. The molecule has 0 unspecified atom stereocenters. The normalized spacial score (nSPS) is 15.6. The Morgan fingerprint density at radius 2 is 2.11 bits per heavy atom. The van der Waals surface area contributed by atoms with E-state index >= 15 is 0 Å². The number of esters is 1. The zero-order valence-electron chi connectivity index (χ0n) is 11.0. The highest BCUT2D eigenvalue weighted by atomic mass is 16.5. The second-order valence-electron chi connectivity index (χ2n) is 4.51. The highest BCUT2D eigenvalue weighted by Gasteiger charge is 2.24. The van der Waals surface area contributed by atoms with Crippen molar-refractivity contribution in [3.05, 3.63) is 23.8 Å². The summed E-state index contributed by atoms with van der Waals surface area (Å²) in [6, 6.07) is 5.04. The van der Waals surface area contributed by atoms with Crippen molar-refractivity contribution in [1.82, 2.24) is 4.90 Å². The first-order valence-electron chi connectivity index (χ1n) is 5.99. The van der Waals surface area contributed by atoms with Crippen LogP contribution >= 0.6 is 0 Å². The quantitative estimate of drug-likeness (QED) is 0.615. The number of amides is 1. The number of nitrogens with zero attached hydrogens (tertiary/aromatic N) is 2. The van der Waals surface area contributed by atoms with Gasteiger partial charge in [-0.3, -0.25) is 4.79 Å². The number of hydrogen-bond acceptors (Lipinski definition) is 5. The molecule has 6 heteroatoms. The molecule has 0 radical (unpaired) electrons. The minimum atomic E-state index is -0.450. The van der Waals surface area contributed by atoms with Gasteiger partial charge >= 0.3 is 5.97 Å². The van der Waals surface area contributed by atoms with Gasteiger partial charge in [-0.2, -0.15) is 0 Å². The summed E-state index contributed by atoms with van der Waals surface area (Å²) in [5, 5.41) is 0. The fraction of sp³-hybridized carbons (Fsp3) is 0.385. The molecular weight excluding hydrogens is 246 g/mol. The molecule has 1 aromatic carbocycles. The largest absolute Gasteiger partial charge is 0.465 e. The van der Waals surface area contributed by atoms with Crippen LogP contribution in [0.4, 0.5) is 11.4 Å². The molecule has 1 aromatic rings. The summed E-state index contributed by atoms with van der Waals surface area (Å²) >= 11 is 0. The number of carbonyl (C=O) groups is 2. The van der Waals surface area contributed by atoms with Gasteiger partial charge in [-0.15, -0.1) is 0 Å². The van der Waals surface area contributed by atoms with E-state index in [0.29, 0.717) is 30.0 Å². The molecule has 19 heavy (non-hydrogen) atoms. The third-order valence-electron chi connectivity index (χ3n) is 3.22. The van der Waals surface area contributed by atoms with E-state index in [1.807, 2.05) is 4.90 Å². The maximum absolute atomic E-state index is 11.8. The van der Waals surface area contributed by atoms with Gasteiger partial charge in [0, 0.05) is 25.8 Å². The van der Waals surface area contributed by atoms with Gasteiger partial charge in [0.15, 0.2) is 0 Å². The fourth-order valence-corrected chi connectivity index (χ4v) is 2.07. The van der Waals surface area contributed by atoms with E-state index in [0.717, 1.165) is 0 Å². The molecule has 0 saturated carbocycles. The van der Waals surface area contributed by atoms with Crippen LogP contribution in [0.3, 0.4) is 0 Å². The van der Waals surface area contributed by atoms with E-state index in [2.05, 4.69) is 0 Å². The van der Waals surface area contributed by atoms with E-state index < -0.39 is 5.97 Å². The molecule has 0 bridgehead atoms.